The second-order valence-electron chi connectivity index (χ2n) is 10.4. The minimum absolute atomic E-state index is 0.00318. The van der Waals surface area contributed by atoms with Crippen LogP contribution >= 0.6 is 0 Å². The standard InChI is InChI=1S/C32H59NO4/c1-3-5-7-9-11-13-14-15-16-18-19-21-23-25-29(35)27-32(37)33-30(28-34)31(36)26-24-22-20-17-12-10-8-6-4-2/h4,6,12,17,24,26,29-31,34-36H,3,5,7-11,13-16,18-23,25,27-28H2,1-2H3,(H,33,37)/b6-4+,17-12+,26-24+. The average molecular weight is 522 g/mol. The normalized spacial score (nSPS) is 14.6. The van der Waals surface area contributed by atoms with Gasteiger partial charge in [-0.05, 0) is 39.0 Å². The molecule has 0 fully saturated rings. The van der Waals surface area contributed by atoms with Gasteiger partial charge in [-0.2, -0.15) is 0 Å². The van der Waals surface area contributed by atoms with Gasteiger partial charge in [0, 0.05) is 0 Å². The summed E-state index contributed by atoms with van der Waals surface area (Å²) in [6, 6.07) is -0.760. The average Bonchev–Trinajstić information content (AvgIpc) is 2.88. The van der Waals surface area contributed by atoms with Crippen molar-refractivity contribution >= 4 is 5.91 Å². The number of amides is 1. The summed E-state index contributed by atoms with van der Waals surface area (Å²) in [4.78, 5) is 12.3. The fourth-order valence-electron chi connectivity index (χ4n) is 4.38. The van der Waals surface area contributed by atoms with Crippen LogP contribution < -0.4 is 5.32 Å². The van der Waals surface area contributed by atoms with Crippen molar-refractivity contribution in [3.63, 3.8) is 0 Å². The summed E-state index contributed by atoms with van der Waals surface area (Å²) in [6.07, 6.45) is 31.4. The maximum Gasteiger partial charge on any atom is 0.222 e. The van der Waals surface area contributed by atoms with Gasteiger partial charge in [-0.25, -0.2) is 0 Å². The number of rotatable bonds is 26. The lowest BCUT2D eigenvalue weighted by atomic mass is 10.0. The van der Waals surface area contributed by atoms with Crippen molar-refractivity contribution in [3.8, 4) is 0 Å². The molecular weight excluding hydrogens is 462 g/mol. The molecule has 0 saturated carbocycles. The molecule has 3 unspecified atom stereocenters. The molecule has 0 saturated heterocycles. The van der Waals surface area contributed by atoms with Crippen LogP contribution in [0, 0.1) is 0 Å². The summed E-state index contributed by atoms with van der Waals surface area (Å²) in [5.74, 6) is -0.335. The number of hydrogen-bond donors (Lipinski definition) is 4. The van der Waals surface area contributed by atoms with E-state index in [1.165, 1.54) is 70.6 Å². The molecule has 0 spiro atoms. The molecular formula is C32H59NO4. The summed E-state index contributed by atoms with van der Waals surface area (Å²) in [7, 11) is 0. The first-order valence-electron chi connectivity index (χ1n) is 15.2. The molecule has 0 aromatic rings. The molecule has 5 heteroatoms. The van der Waals surface area contributed by atoms with Crippen LogP contribution in [0.25, 0.3) is 0 Å². The summed E-state index contributed by atoms with van der Waals surface area (Å²) >= 11 is 0. The van der Waals surface area contributed by atoms with E-state index >= 15 is 0 Å². The predicted molar refractivity (Wildman–Crippen MR) is 158 cm³/mol. The molecule has 0 aromatic heterocycles. The number of aliphatic hydroxyl groups is 3. The monoisotopic (exact) mass is 521 g/mol. The quantitative estimate of drug-likeness (QED) is 0.0710. The highest BCUT2D eigenvalue weighted by Crippen LogP contribution is 2.14. The topological polar surface area (TPSA) is 89.8 Å². The van der Waals surface area contributed by atoms with Gasteiger partial charge in [0.15, 0.2) is 0 Å². The van der Waals surface area contributed by atoms with Crippen molar-refractivity contribution in [3.05, 3.63) is 36.5 Å². The molecule has 4 N–H and O–H groups in total. The van der Waals surface area contributed by atoms with Gasteiger partial charge in [0.2, 0.25) is 5.91 Å². The summed E-state index contributed by atoms with van der Waals surface area (Å²) in [5, 5.41) is 32.7. The molecule has 0 radical (unpaired) electrons. The minimum Gasteiger partial charge on any atom is -0.394 e. The van der Waals surface area contributed by atoms with Crippen molar-refractivity contribution in [2.24, 2.45) is 0 Å². The predicted octanol–water partition coefficient (Wildman–Crippen LogP) is 7.31. The van der Waals surface area contributed by atoms with E-state index < -0.39 is 18.2 Å². The lowest BCUT2D eigenvalue weighted by molar-refractivity contribution is -0.124. The highest BCUT2D eigenvalue weighted by molar-refractivity contribution is 5.76. The molecule has 1 amide bonds. The molecule has 0 aliphatic rings. The SMILES string of the molecule is C/C=C/CC/C=C/CC/C=C/C(O)C(CO)NC(=O)CC(O)CCCCCCCCCCCCCCC. The molecule has 0 aliphatic carbocycles. The Morgan fingerprint density at radius 1 is 0.730 bits per heavy atom. The second-order valence-corrected chi connectivity index (χ2v) is 10.4. The van der Waals surface area contributed by atoms with E-state index in [1.54, 1.807) is 6.08 Å². The van der Waals surface area contributed by atoms with Crippen molar-refractivity contribution < 1.29 is 20.1 Å². The number of allylic oxidation sites excluding steroid dienone is 5. The molecule has 0 bridgehead atoms. The Balaban J connectivity index is 3.82. The molecule has 3 atom stereocenters. The van der Waals surface area contributed by atoms with Gasteiger partial charge in [0.05, 0.1) is 31.3 Å². The minimum atomic E-state index is -0.953. The molecule has 0 aliphatic heterocycles. The van der Waals surface area contributed by atoms with Crippen molar-refractivity contribution in [1.29, 1.82) is 0 Å². The Kier molecular flexibility index (Phi) is 26.5. The van der Waals surface area contributed by atoms with Crippen LogP contribution in [0.15, 0.2) is 36.5 Å². The van der Waals surface area contributed by atoms with E-state index in [0.717, 1.165) is 38.5 Å². The van der Waals surface area contributed by atoms with E-state index in [-0.39, 0.29) is 18.9 Å². The zero-order valence-electron chi connectivity index (χ0n) is 24.1. The first kappa shape index (κ1) is 35.6. The third-order valence-electron chi connectivity index (χ3n) is 6.75. The zero-order chi connectivity index (χ0) is 27.4. The largest absolute Gasteiger partial charge is 0.394 e. The lowest BCUT2D eigenvalue weighted by Crippen LogP contribution is -2.45. The zero-order valence-corrected chi connectivity index (χ0v) is 24.1. The Labute approximate surface area is 228 Å². The smallest absolute Gasteiger partial charge is 0.222 e. The fourth-order valence-corrected chi connectivity index (χ4v) is 4.38. The van der Waals surface area contributed by atoms with Gasteiger partial charge in [-0.3, -0.25) is 4.79 Å². The molecule has 0 aromatic carbocycles. The van der Waals surface area contributed by atoms with E-state index in [2.05, 4.69) is 36.5 Å². The van der Waals surface area contributed by atoms with Gasteiger partial charge in [-0.1, -0.05) is 127 Å². The van der Waals surface area contributed by atoms with Crippen LogP contribution in [0.5, 0.6) is 0 Å². The van der Waals surface area contributed by atoms with E-state index in [0.29, 0.717) is 6.42 Å². The number of carbonyl (C=O) groups excluding carboxylic acids is 1. The van der Waals surface area contributed by atoms with Crippen LogP contribution in [0.2, 0.25) is 0 Å². The molecule has 0 rings (SSSR count). The highest BCUT2D eigenvalue weighted by Gasteiger charge is 2.19. The highest BCUT2D eigenvalue weighted by atomic mass is 16.3. The van der Waals surface area contributed by atoms with Crippen LogP contribution in [0.4, 0.5) is 0 Å². The van der Waals surface area contributed by atoms with Gasteiger partial charge in [-0.15, -0.1) is 0 Å². The first-order chi connectivity index (χ1) is 18.0. The van der Waals surface area contributed by atoms with E-state index in [9.17, 15) is 20.1 Å². The Bertz CT molecular complexity index is 587. The Morgan fingerprint density at radius 2 is 1.22 bits per heavy atom. The number of unbranched alkanes of at least 4 members (excludes halogenated alkanes) is 14. The van der Waals surface area contributed by atoms with Crippen molar-refractivity contribution in [1.82, 2.24) is 5.32 Å². The van der Waals surface area contributed by atoms with Crippen molar-refractivity contribution in [2.75, 3.05) is 6.61 Å². The van der Waals surface area contributed by atoms with Crippen LogP contribution in [0.3, 0.4) is 0 Å². The third-order valence-corrected chi connectivity index (χ3v) is 6.75. The maximum absolute atomic E-state index is 12.3. The maximum atomic E-state index is 12.3. The number of carbonyl (C=O) groups is 1. The molecule has 5 nitrogen and oxygen atoms in total. The van der Waals surface area contributed by atoms with Gasteiger partial charge < -0.3 is 20.6 Å². The molecule has 0 heterocycles. The van der Waals surface area contributed by atoms with Crippen LogP contribution in [-0.2, 0) is 4.79 Å². The first-order valence-corrected chi connectivity index (χ1v) is 15.2. The van der Waals surface area contributed by atoms with Gasteiger partial charge >= 0.3 is 0 Å². The fraction of sp³-hybridized carbons (Fsp3) is 0.781. The van der Waals surface area contributed by atoms with Crippen LogP contribution in [-0.4, -0.2) is 46.1 Å². The number of nitrogens with one attached hydrogen (secondary N) is 1. The summed E-state index contributed by atoms with van der Waals surface area (Å²) < 4.78 is 0. The lowest BCUT2D eigenvalue weighted by Gasteiger charge is -2.21. The third kappa shape index (κ3) is 24.7. The Hall–Kier alpha value is -1.43. The van der Waals surface area contributed by atoms with E-state index in [4.69, 9.17) is 0 Å². The number of hydrogen-bond acceptors (Lipinski definition) is 4. The van der Waals surface area contributed by atoms with Gasteiger partial charge in [0.25, 0.3) is 0 Å². The molecule has 216 valence electrons. The summed E-state index contributed by atoms with van der Waals surface area (Å²) in [5.41, 5.74) is 0. The van der Waals surface area contributed by atoms with Gasteiger partial charge in [0.1, 0.15) is 0 Å². The number of aliphatic hydroxyl groups excluding tert-OH is 3. The second kappa shape index (κ2) is 27.6. The Morgan fingerprint density at radius 3 is 1.73 bits per heavy atom. The van der Waals surface area contributed by atoms with E-state index in [1.807, 2.05) is 13.0 Å². The summed E-state index contributed by atoms with van der Waals surface area (Å²) in [6.45, 7) is 3.93. The molecule has 37 heavy (non-hydrogen) atoms. The van der Waals surface area contributed by atoms with Crippen LogP contribution in [0.1, 0.15) is 136 Å². The van der Waals surface area contributed by atoms with Crippen molar-refractivity contribution in [2.45, 2.75) is 154 Å².